The van der Waals surface area contributed by atoms with Crippen molar-refractivity contribution in [3.05, 3.63) is 23.3 Å². The monoisotopic (exact) mass is 288 g/mol. The summed E-state index contributed by atoms with van der Waals surface area (Å²) < 4.78 is 0. The lowest BCUT2D eigenvalue weighted by Gasteiger charge is -2.48. The van der Waals surface area contributed by atoms with Crippen LogP contribution in [0.2, 0.25) is 0 Å². The highest BCUT2D eigenvalue weighted by Crippen LogP contribution is 2.58. The van der Waals surface area contributed by atoms with Crippen LogP contribution in [0.5, 0.6) is 11.5 Å². The maximum Gasteiger partial charge on any atom is 0.123 e. The van der Waals surface area contributed by atoms with Gasteiger partial charge in [-0.15, -0.1) is 0 Å². The molecule has 1 aromatic carbocycles. The smallest absolute Gasteiger partial charge is 0.123 e. The fraction of sp³-hybridized carbons (Fsp3) is 0.667. The predicted octanol–water partition coefficient (Wildman–Crippen LogP) is 3.17. The van der Waals surface area contributed by atoms with E-state index >= 15 is 0 Å². The first-order chi connectivity index (χ1) is 10.1. The Morgan fingerprint density at radius 2 is 1.76 bits per heavy atom. The molecule has 4 rings (SSSR count). The topological polar surface area (TPSA) is 60.7 Å². The maximum absolute atomic E-state index is 10.3. The molecule has 21 heavy (non-hydrogen) atoms. The van der Waals surface area contributed by atoms with Crippen LogP contribution < -0.4 is 0 Å². The summed E-state index contributed by atoms with van der Waals surface area (Å²) >= 11 is 0. The number of fused-ring (bicyclic) bond motifs is 5. The van der Waals surface area contributed by atoms with Crippen molar-refractivity contribution < 1.29 is 15.3 Å². The summed E-state index contributed by atoms with van der Waals surface area (Å²) in [5.41, 5.74) is 2.20. The second kappa shape index (κ2) is 4.64. The molecule has 0 spiro atoms. The fourth-order valence-electron chi connectivity index (χ4n) is 5.74. The number of hydrogen-bond acceptors (Lipinski definition) is 3. The number of aliphatic hydroxyl groups is 1. The maximum atomic E-state index is 10.3. The molecule has 1 unspecified atom stereocenters. The van der Waals surface area contributed by atoms with E-state index in [0.717, 1.165) is 43.2 Å². The number of aliphatic hydroxyl groups excluding tert-OH is 1. The van der Waals surface area contributed by atoms with Crippen LogP contribution in [0.15, 0.2) is 12.1 Å². The molecule has 0 amide bonds. The standard InChI is InChI=1S/C18H24O3/c1-9-6-10-7-11(19)8-16(21)18(10)14-3-2-12-13(17(9)14)4-5-15(12)20/h7-9,12-15,17,19-21H,2-6H2,1H3/t9-,12-,13+,14-,15?,17-/m0/s1. The second-order valence-electron chi connectivity index (χ2n) is 7.45. The molecule has 1 aromatic rings. The van der Waals surface area contributed by atoms with E-state index in [1.54, 1.807) is 0 Å². The molecule has 0 radical (unpaired) electrons. The van der Waals surface area contributed by atoms with Crippen molar-refractivity contribution in [2.75, 3.05) is 0 Å². The zero-order valence-corrected chi connectivity index (χ0v) is 12.5. The number of phenolic OH excluding ortho intramolecular Hbond substituents is 2. The molecule has 3 aliphatic carbocycles. The zero-order valence-electron chi connectivity index (χ0n) is 12.5. The largest absolute Gasteiger partial charge is 0.508 e. The Morgan fingerprint density at radius 1 is 1.00 bits per heavy atom. The molecule has 3 aliphatic rings. The average molecular weight is 288 g/mol. The number of aromatic hydroxyl groups is 2. The molecule has 2 saturated carbocycles. The molecule has 2 fully saturated rings. The van der Waals surface area contributed by atoms with Gasteiger partial charge in [-0.2, -0.15) is 0 Å². The Hall–Kier alpha value is -1.22. The van der Waals surface area contributed by atoms with Gasteiger partial charge in [0.25, 0.3) is 0 Å². The minimum Gasteiger partial charge on any atom is -0.508 e. The van der Waals surface area contributed by atoms with Crippen molar-refractivity contribution in [1.82, 2.24) is 0 Å². The van der Waals surface area contributed by atoms with Crippen molar-refractivity contribution in [1.29, 1.82) is 0 Å². The van der Waals surface area contributed by atoms with Crippen molar-refractivity contribution in [3.8, 4) is 11.5 Å². The van der Waals surface area contributed by atoms with Crippen LogP contribution in [-0.4, -0.2) is 21.4 Å². The Labute approximate surface area is 125 Å². The van der Waals surface area contributed by atoms with Crippen molar-refractivity contribution in [2.45, 2.75) is 51.0 Å². The van der Waals surface area contributed by atoms with Crippen LogP contribution in [0.3, 0.4) is 0 Å². The van der Waals surface area contributed by atoms with E-state index in [4.69, 9.17) is 0 Å². The van der Waals surface area contributed by atoms with Gasteiger partial charge in [-0.05, 0) is 73.3 Å². The average Bonchev–Trinajstić information content (AvgIpc) is 2.79. The summed E-state index contributed by atoms with van der Waals surface area (Å²) in [5.74, 6) is 3.04. The first-order valence-corrected chi connectivity index (χ1v) is 8.29. The Balaban J connectivity index is 1.77. The van der Waals surface area contributed by atoms with Gasteiger partial charge in [-0.25, -0.2) is 0 Å². The van der Waals surface area contributed by atoms with Gasteiger partial charge in [0.1, 0.15) is 11.5 Å². The lowest BCUT2D eigenvalue weighted by Crippen LogP contribution is -2.40. The summed E-state index contributed by atoms with van der Waals surface area (Å²) in [6.45, 7) is 2.30. The third-order valence-corrected chi connectivity index (χ3v) is 6.41. The van der Waals surface area contributed by atoms with E-state index < -0.39 is 0 Å². The molecular formula is C18H24O3. The third kappa shape index (κ3) is 1.90. The van der Waals surface area contributed by atoms with Gasteiger partial charge in [0, 0.05) is 11.6 Å². The Kier molecular flexibility index (Phi) is 2.97. The Bertz CT molecular complexity index is 568. The summed E-state index contributed by atoms with van der Waals surface area (Å²) in [5, 5.41) is 30.3. The highest BCUT2D eigenvalue weighted by Gasteiger charge is 2.50. The van der Waals surface area contributed by atoms with Gasteiger partial charge < -0.3 is 15.3 Å². The van der Waals surface area contributed by atoms with Crippen LogP contribution in [-0.2, 0) is 6.42 Å². The first-order valence-electron chi connectivity index (χ1n) is 8.29. The van der Waals surface area contributed by atoms with Gasteiger partial charge in [0.15, 0.2) is 0 Å². The predicted molar refractivity (Wildman–Crippen MR) is 80.3 cm³/mol. The summed E-state index contributed by atoms with van der Waals surface area (Å²) in [6.07, 6.45) is 5.01. The van der Waals surface area contributed by atoms with Gasteiger partial charge >= 0.3 is 0 Å². The van der Waals surface area contributed by atoms with Crippen LogP contribution in [0.25, 0.3) is 0 Å². The number of benzene rings is 1. The van der Waals surface area contributed by atoms with Gasteiger partial charge in [0.2, 0.25) is 0 Å². The van der Waals surface area contributed by atoms with E-state index in [-0.39, 0.29) is 17.6 Å². The van der Waals surface area contributed by atoms with E-state index in [9.17, 15) is 15.3 Å². The molecule has 0 saturated heterocycles. The van der Waals surface area contributed by atoms with Crippen molar-refractivity contribution in [3.63, 3.8) is 0 Å². The van der Waals surface area contributed by atoms with Crippen LogP contribution in [0.4, 0.5) is 0 Å². The fourth-order valence-corrected chi connectivity index (χ4v) is 5.74. The molecule has 3 N–H and O–H groups in total. The highest BCUT2D eigenvalue weighted by molar-refractivity contribution is 5.49. The molecule has 6 atom stereocenters. The molecule has 0 aromatic heterocycles. The van der Waals surface area contributed by atoms with Gasteiger partial charge in [-0.1, -0.05) is 6.92 Å². The SMILES string of the molecule is C[C@H]1Cc2cc(O)cc(O)c2[C@H]2CC[C@@H]3C(O)CC[C@H]3[C@@H]21. The highest BCUT2D eigenvalue weighted by atomic mass is 16.3. The molecule has 0 aliphatic heterocycles. The van der Waals surface area contributed by atoms with Crippen molar-refractivity contribution >= 4 is 0 Å². The Morgan fingerprint density at radius 3 is 2.57 bits per heavy atom. The van der Waals surface area contributed by atoms with Crippen LogP contribution in [0.1, 0.15) is 49.7 Å². The molecule has 3 nitrogen and oxygen atoms in total. The molecule has 114 valence electrons. The quantitative estimate of drug-likeness (QED) is 0.687. The molecule has 3 heteroatoms. The number of hydrogen-bond donors (Lipinski definition) is 3. The summed E-state index contributed by atoms with van der Waals surface area (Å²) in [7, 11) is 0. The minimum absolute atomic E-state index is 0.113. The van der Waals surface area contributed by atoms with E-state index in [1.165, 1.54) is 6.07 Å². The minimum atomic E-state index is -0.113. The van der Waals surface area contributed by atoms with E-state index in [2.05, 4.69) is 6.92 Å². The van der Waals surface area contributed by atoms with Gasteiger partial charge in [0.05, 0.1) is 6.10 Å². The normalized spacial score (nSPS) is 41.2. The summed E-state index contributed by atoms with van der Waals surface area (Å²) in [6, 6.07) is 3.32. The lowest BCUT2D eigenvalue weighted by atomic mass is 9.57. The molecule has 0 heterocycles. The number of rotatable bonds is 0. The van der Waals surface area contributed by atoms with Crippen molar-refractivity contribution in [2.24, 2.45) is 23.7 Å². The van der Waals surface area contributed by atoms with Crippen LogP contribution >= 0.6 is 0 Å². The summed E-state index contributed by atoms with van der Waals surface area (Å²) in [4.78, 5) is 0. The second-order valence-corrected chi connectivity index (χ2v) is 7.45. The zero-order chi connectivity index (χ0) is 14.7. The van der Waals surface area contributed by atoms with E-state index in [1.807, 2.05) is 6.07 Å². The van der Waals surface area contributed by atoms with Gasteiger partial charge in [-0.3, -0.25) is 0 Å². The van der Waals surface area contributed by atoms with E-state index in [0.29, 0.717) is 29.6 Å². The first kappa shape index (κ1) is 13.4. The number of phenols is 2. The lowest BCUT2D eigenvalue weighted by molar-refractivity contribution is 0.0373. The van der Waals surface area contributed by atoms with Crippen LogP contribution in [0, 0.1) is 23.7 Å². The third-order valence-electron chi connectivity index (χ3n) is 6.41. The molecule has 0 bridgehead atoms. The molecular weight excluding hydrogens is 264 g/mol.